The number of hydrogen-bond acceptors (Lipinski definition) is 6. The van der Waals surface area contributed by atoms with Crippen molar-refractivity contribution in [3.8, 4) is 28.7 Å². The third kappa shape index (κ3) is 3.59. The Balaban J connectivity index is 1.93. The number of nitrogens with zero attached hydrogens (tertiary/aromatic N) is 2. The minimum absolute atomic E-state index is 0.143. The molecule has 0 bridgehead atoms. The number of rotatable bonds is 6. The molecule has 0 spiro atoms. The smallest absolute Gasteiger partial charge is 0.264 e. The largest absolute Gasteiger partial charge is 0.493 e. The molecule has 0 saturated carbocycles. The van der Waals surface area contributed by atoms with Crippen LogP contribution >= 0.6 is 0 Å². The van der Waals surface area contributed by atoms with Gasteiger partial charge in [0.25, 0.3) is 5.89 Å². The molecule has 2 aromatic carbocycles. The molecule has 140 valence electrons. The molecule has 0 fully saturated rings. The first-order chi connectivity index (χ1) is 13.1. The zero-order valence-electron chi connectivity index (χ0n) is 14.8. The lowest BCUT2D eigenvalue weighted by Gasteiger charge is -2.13. The summed E-state index contributed by atoms with van der Waals surface area (Å²) in [7, 11) is 4.53. The highest BCUT2D eigenvalue weighted by Gasteiger charge is 2.18. The van der Waals surface area contributed by atoms with E-state index in [9.17, 15) is 8.78 Å². The van der Waals surface area contributed by atoms with Gasteiger partial charge in [0.2, 0.25) is 5.75 Å². The van der Waals surface area contributed by atoms with E-state index >= 15 is 0 Å². The lowest BCUT2D eigenvalue weighted by molar-refractivity contribution is 0.324. The second-order valence-electron chi connectivity index (χ2n) is 5.31. The Hall–Kier alpha value is -3.42. The maximum Gasteiger partial charge on any atom is 0.264 e. The normalized spacial score (nSPS) is 11.0. The second kappa shape index (κ2) is 7.86. The van der Waals surface area contributed by atoms with Crippen LogP contribution in [-0.4, -0.2) is 31.5 Å². The highest BCUT2D eigenvalue weighted by Crippen LogP contribution is 2.40. The van der Waals surface area contributed by atoms with Gasteiger partial charge in [0.1, 0.15) is 17.2 Å². The maximum absolute atomic E-state index is 13.8. The van der Waals surface area contributed by atoms with Crippen molar-refractivity contribution < 1.29 is 27.5 Å². The number of hydrogen-bond donors (Lipinski definition) is 0. The van der Waals surface area contributed by atoms with Gasteiger partial charge in [-0.1, -0.05) is 11.2 Å². The minimum atomic E-state index is -0.782. The van der Waals surface area contributed by atoms with Crippen molar-refractivity contribution in [3.63, 3.8) is 0 Å². The van der Waals surface area contributed by atoms with Crippen LogP contribution in [0.5, 0.6) is 17.2 Å². The van der Waals surface area contributed by atoms with E-state index < -0.39 is 11.6 Å². The van der Waals surface area contributed by atoms with Crippen LogP contribution in [0.1, 0.15) is 11.4 Å². The van der Waals surface area contributed by atoms with E-state index in [1.54, 1.807) is 18.2 Å². The fourth-order valence-corrected chi connectivity index (χ4v) is 2.53. The van der Waals surface area contributed by atoms with E-state index in [0.29, 0.717) is 22.8 Å². The lowest BCUT2D eigenvalue weighted by atomic mass is 10.1. The first kappa shape index (κ1) is 18.4. The van der Waals surface area contributed by atoms with E-state index in [-0.39, 0.29) is 17.3 Å². The Morgan fingerprint density at radius 3 is 2.22 bits per heavy atom. The van der Waals surface area contributed by atoms with Crippen molar-refractivity contribution in [2.24, 2.45) is 0 Å². The van der Waals surface area contributed by atoms with E-state index in [0.717, 1.165) is 12.1 Å². The summed E-state index contributed by atoms with van der Waals surface area (Å²) in [5.41, 5.74) is 0.298. The zero-order valence-corrected chi connectivity index (χ0v) is 14.8. The highest BCUT2D eigenvalue weighted by molar-refractivity contribution is 5.74. The van der Waals surface area contributed by atoms with Crippen LogP contribution in [0.4, 0.5) is 8.78 Å². The van der Waals surface area contributed by atoms with Gasteiger partial charge in [-0.05, 0) is 36.4 Å². The molecule has 6 nitrogen and oxygen atoms in total. The van der Waals surface area contributed by atoms with Crippen molar-refractivity contribution in [1.82, 2.24) is 10.1 Å². The molecule has 8 heteroatoms. The van der Waals surface area contributed by atoms with Crippen molar-refractivity contribution in [3.05, 3.63) is 53.4 Å². The van der Waals surface area contributed by atoms with E-state index in [4.69, 9.17) is 18.7 Å². The van der Waals surface area contributed by atoms with E-state index in [1.807, 2.05) is 0 Å². The van der Waals surface area contributed by atoms with Gasteiger partial charge in [0, 0.05) is 5.56 Å². The number of halogens is 2. The summed E-state index contributed by atoms with van der Waals surface area (Å²) in [5.74, 6) is -0.259. The van der Waals surface area contributed by atoms with Crippen LogP contribution in [0.2, 0.25) is 0 Å². The van der Waals surface area contributed by atoms with E-state index in [2.05, 4.69) is 10.1 Å². The van der Waals surface area contributed by atoms with Crippen molar-refractivity contribution in [2.75, 3.05) is 21.3 Å². The summed E-state index contributed by atoms with van der Waals surface area (Å²) in [5, 5.41) is 3.72. The molecule has 1 aromatic heterocycles. The summed E-state index contributed by atoms with van der Waals surface area (Å²) >= 11 is 0. The molecule has 0 saturated heterocycles. The van der Waals surface area contributed by atoms with Crippen molar-refractivity contribution in [1.29, 1.82) is 0 Å². The average molecular weight is 374 g/mol. The van der Waals surface area contributed by atoms with Crippen molar-refractivity contribution in [2.45, 2.75) is 0 Å². The average Bonchev–Trinajstić information content (AvgIpc) is 3.13. The molecule has 0 aliphatic rings. The predicted octanol–water partition coefficient (Wildman–Crippen LogP) is 4.21. The van der Waals surface area contributed by atoms with Crippen molar-refractivity contribution >= 4 is 12.2 Å². The molecule has 27 heavy (non-hydrogen) atoms. The fourth-order valence-electron chi connectivity index (χ4n) is 2.53. The molecule has 0 aliphatic carbocycles. The Bertz CT molecular complexity index is 966. The van der Waals surface area contributed by atoms with Crippen LogP contribution in [-0.2, 0) is 0 Å². The molecular formula is C19H16F2N2O4. The topological polar surface area (TPSA) is 66.6 Å². The fraction of sp³-hybridized carbons (Fsp3) is 0.158. The number of methoxy groups -OCH3 is 3. The molecule has 0 unspecified atom stereocenters. The van der Waals surface area contributed by atoms with Gasteiger partial charge in [0.05, 0.1) is 21.3 Å². The Morgan fingerprint density at radius 1 is 0.889 bits per heavy atom. The van der Waals surface area contributed by atoms with Gasteiger partial charge < -0.3 is 18.7 Å². The van der Waals surface area contributed by atoms with Gasteiger partial charge in [-0.2, -0.15) is 4.98 Å². The molecular weight excluding hydrogens is 358 g/mol. The maximum atomic E-state index is 13.8. The monoisotopic (exact) mass is 374 g/mol. The molecule has 3 rings (SSSR count). The quantitative estimate of drug-likeness (QED) is 0.644. The van der Waals surface area contributed by atoms with Crippen LogP contribution in [0.25, 0.3) is 23.6 Å². The zero-order chi connectivity index (χ0) is 19.4. The van der Waals surface area contributed by atoms with Crippen LogP contribution in [0.15, 0.2) is 34.9 Å². The summed E-state index contributed by atoms with van der Waals surface area (Å²) in [6, 6.07) is 6.97. The van der Waals surface area contributed by atoms with Crippen LogP contribution in [0, 0.1) is 11.6 Å². The second-order valence-corrected chi connectivity index (χ2v) is 5.31. The van der Waals surface area contributed by atoms with Gasteiger partial charge >= 0.3 is 0 Å². The van der Waals surface area contributed by atoms with Gasteiger partial charge in [-0.15, -0.1) is 0 Å². The molecule has 0 aliphatic heterocycles. The first-order valence-corrected chi connectivity index (χ1v) is 7.84. The number of benzene rings is 2. The SMILES string of the molecule is COc1ccc(C=Cc2noc(-c3c(F)cccc3F)n2)c(OC)c1OC. The Labute approximate surface area is 154 Å². The Kier molecular flexibility index (Phi) is 5.35. The Morgan fingerprint density at radius 2 is 1.59 bits per heavy atom. The number of aromatic nitrogens is 2. The van der Waals surface area contributed by atoms with Gasteiger partial charge in [0.15, 0.2) is 17.3 Å². The van der Waals surface area contributed by atoms with Crippen LogP contribution < -0.4 is 14.2 Å². The number of ether oxygens (including phenoxy) is 3. The standard InChI is InChI=1S/C19H16F2N2O4/c1-24-14-9-7-11(17(25-2)18(14)26-3)8-10-15-22-19(27-23-15)16-12(20)5-4-6-13(16)21/h4-10H,1-3H3. The van der Waals surface area contributed by atoms with Gasteiger partial charge in [-0.25, -0.2) is 8.78 Å². The molecule has 0 N–H and O–H groups in total. The molecule has 0 amide bonds. The minimum Gasteiger partial charge on any atom is -0.493 e. The predicted molar refractivity (Wildman–Crippen MR) is 94.7 cm³/mol. The molecule has 3 aromatic rings. The lowest BCUT2D eigenvalue weighted by Crippen LogP contribution is -1.96. The molecule has 1 heterocycles. The molecule has 0 atom stereocenters. The van der Waals surface area contributed by atoms with Gasteiger partial charge in [-0.3, -0.25) is 0 Å². The highest BCUT2D eigenvalue weighted by atomic mass is 19.1. The summed E-state index contributed by atoms with van der Waals surface area (Å²) < 4.78 is 48.6. The summed E-state index contributed by atoms with van der Waals surface area (Å²) in [4.78, 5) is 4.01. The first-order valence-electron chi connectivity index (χ1n) is 7.84. The van der Waals surface area contributed by atoms with E-state index in [1.165, 1.54) is 33.5 Å². The molecule has 0 radical (unpaired) electrons. The summed E-state index contributed by atoms with van der Waals surface area (Å²) in [6.45, 7) is 0. The van der Waals surface area contributed by atoms with Crippen LogP contribution in [0.3, 0.4) is 0 Å². The summed E-state index contributed by atoms with van der Waals surface area (Å²) in [6.07, 6.45) is 3.18. The third-order valence-corrected chi connectivity index (χ3v) is 3.76. The third-order valence-electron chi connectivity index (χ3n) is 3.76.